The molecule has 1 aromatic heterocycles. The Hall–Kier alpha value is -2.30. The number of ketones is 1. The van der Waals surface area contributed by atoms with Gasteiger partial charge in [-0.2, -0.15) is 0 Å². The number of carbonyl (C=O) groups excluding carboxylic acids is 2. The molecule has 0 saturated carbocycles. The predicted octanol–water partition coefficient (Wildman–Crippen LogP) is 1.90. The highest BCUT2D eigenvalue weighted by atomic mass is 16.3. The number of aromatic amines is 1. The lowest BCUT2D eigenvalue weighted by Crippen LogP contribution is -2.25. The summed E-state index contributed by atoms with van der Waals surface area (Å²) in [5.41, 5.74) is 1.97. The molecule has 5 nitrogen and oxygen atoms in total. The number of phenolic OH excluding ortho intramolecular Hbond substituents is 1. The van der Waals surface area contributed by atoms with E-state index in [2.05, 4.69) is 10.3 Å². The molecule has 0 aliphatic heterocycles. The second kappa shape index (κ2) is 6.23. The smallest absolute Gasteiger partial charge is 0.220 e. The summed E-state index contributed by atoms with van der Waals surface area (Å²) >= 11 is 0. The van der Waals surface area contributed by atoms with Gasteiger partial charge in [0.1, 0.15) is 11.5 Å². The van der Waals surface area contributed by atoms with E-state index in [4.69, 9.17) is 0 Å². The lowest BCUT2D eigenvalue weighted by Gasteiger charge is -2.04. The van der Waals surface area contributed by atoms with E-state index < -0.39 is 0 Å². The summed E-state index contributed by atoms with van der Waals surface area (Å²) in [5.74, 6) is 0.151. The first kappa shape index (κ1) is 14.1. The van der Waals surface area contributed by atoms with E-state index in [1.54, 1.807) is 12.1 Å². The zero-order valence-corrected chi connectivity index (χ0v) is 11.4. The van der Waals surface area contributed by atoms with Crippen LogP contribution < -0.4 is 5.32 Å². The van der Waals surface area contributed by atoms with Crippen LogP contribution in [0.4, 0.5) is 0 Å². The molecule has 0 aliphatic rings. The number of fused-ring (bicyclic) bond motifs is 1. The van der Waals surface area contributed by atoms with Gasteiger partial charge in [0.15, 0.2) is 0 Å². The fraction of sp³-hybridized carbons (Fsp3) is 0.333. The number of carbonyl (C=O) groups is 2. The Morgan fingerprint density at radius 1 is 1.30 bits per heavy atom. The van der Waals surface area contributed by atoms with Crippen LogP contribution in [0.25, 0.3) is 10.9 Å². The Morgan fingerprint density at radius 3 is 2.85 bits per heavy atom. The van der Waals surface area contributed by atoms with Gasteiger partial charge in [0, 0.05) is 42.6 Å². The van der Waals surface area contributed by atoms with Gasteiger partial charge in [-0.05, 0) is 31.0 Å². The summed E-state index contributed by atoms with van der Waals surface area (Å²) in [4.78, 5) is 25.3. The summed E-state index contributed by atoms with van der Waals surface area (Å²) < 4.78 is 0. The number of amides is 1. The van der Waals surface area contributed by atoms with Crippen LogP contribution in [-0.2, 0) is 16.0 Å². The molecule has 0 saturated heterocycles. The Balaban J connectivity index is 1.87. The minimum atomic E-state index is -0.0994. The number of rotatable bonds is 6. The predicted molar refractivity (Wildman–Crippen MR) is 76.6 cm³/mol. The van der Waals surface area contributed by atoms with Crippen LogP contribution in [0.15, 0.2) is 24.4 Å². The van der Waals surface area contributed by atoms with Crippen molar-refractivity contribution in [2.45, 2.75) is 26.2 Å². The van der Waals surface area contributed by atoms with E-state index in [1.807, 2.05) is 12.3 Å². The van der Waals surface area contributed by atoms with Crippen LogP contribution in [0.3, 0.4) is 0 Å². The molecule has 0 unspecified atom stereocenters. The molecule has 1 amide bonds. The van der Waals surface area contributed by atoms with E-state index in [1.165, 1.54) is 6.92 Å². The molecule has 2 aromatic rings. The van der Waals surface area contributed by atoms with Gasteiger partial charge in [-0.25, -0.2) is 0 Å². The molecular formula is C15H18N2O3. The maximum atomic E-state index is 11.5. The Morgan fingerprint density at radius 2 is 2.10 bits per heavy atom. The lowest BCUT2D eigenvalue weighted by molar-refractivity contribution is -0.124. The van der Waals surface area contributed by atoms with Crippen LogP contribution in [0.2, 0.25) is 0 Å². The average Bonchev–Trinajstić information content (AvgIpc) is 2.79. The number of benzene rings is 1. The molecule has 3 N–H and O–H groups in total. The molecule has 2 rings (SSSR count). The fourth-order valence-corrected chi connectivity index (χ4v) is 2.10. The zero-order chi connectivity index (χ0) is 14.5. The van der Waals surface area contributed by atoms with E-state index in [9.17, 15) is 14.7 Å². The van der Waals surface area contributed by atoms with Crippen LogP contribution >= 0.6 is 0 Å². The minimum Gasteiger partial charge on any atom is -0.508 e. The van der Waals surface area contributed by atoms with Crippen molar-refractivity contribution in [3.63, 3.8) is 0 Å². The van der Waals surface area contributed by atoms with Gasteiger partial charge in [-0.3, -0.25) is 4.79 Å². The second-order valence-electron chi connectivity index (χ2n) is 4.85. The first-order chi connectivity index (χ1) is 9.56. The lowest BCUT2D eigenvalue weighted by atomic mass is 10.1. The van der Waals surface area contributed by atoms with Gasteiger partial charge in [0.05, 0.1) is 0 Å². The van der Waals surface area contributed by atoms with Gasteiger partial charge in [0.25, 0.3) is 0 Å². The fourth-order valence-electron chi connectivity index (χ4n) is 2.10. The topological polar surface area (TPSA) is 82.2 Å². The molecule has 1 aromatic carbocycles. The minimum absolute atomic E-state index is 0.0246. The summed E-state index contributed by atoms with van der Waals surface area (Å²) in [7, 11) is 0. The molecule has 0 atom stereocenters. The van der Waals surface area contributed by atoms with Gasteiger partial charge in [0.2, 0.25) is 5.91 Å². The first-order valence-corrected chi connectivity index (χ1v) is 6.61. The van der Waals surface area contributed by atoms with Crippen molar-refractivity contribution in [2.24, 2.45) is 0 Å². The van der Waals surface area contributed by atoms with E-state index >= 15 is 0 Å². The SMILES string of the molecule is CC(=O)CCC(=O)NCCc1c[nH]c2cc(O)ccc12. The molecule has 0 radical (unpaired) electrons. The molecule has 0 bridgehead atoms. The highest BCUT2D eigenvalue weighted by Gasteiger charge is 2.06. The molecule has 5 heteroatoms. The first-order valence-electron chi connectivity index (χ1n) is 6.61. The van der Waals surface area contributed by atoms with Crippen LogP contribution in [-0.4, -0.2) is 28.3 Å². The number of Topliss-reactive ketones (excluding diaryl/α,β-unsaturated/α-hetero) is 1. The third-order valence-electron chi connectivity index (χ3n) is 3.17. The molecule has 20 heavy (non-hydrogen) atoms. The normalized spacial score (nSPS) is 10.7. The maximum Gasteiger partial charge on any atom is 0.220 e. The number of hydrogen-bond donors (Lipinski definition) is 3. The number of phenols is 1. The number of aromatic nitrogens is 1. The molecule has 0 aliphatic carbocycles. The monoisotopic (exact) mass is 274 g/mol. The molecular weight excluding hydrogens is 256 g/mol. The van der Waals surface area contributed by atoms with Crippen LogP contribution in [0, 0.1) is 0 Å². The van der Waals surface area contributed by atoms with Crippen LogP contribution in [0.5, 0.6) is 5.75 Å². The quantitative estimate of drug-likeness (QED) is 0.752. The second-order valence-corrected chi connectivity index (χ2v) is 4.85. The third-order valence-corrected chi connectivity index (χ3v) is 3.17. The van der Waals surface area contributed by atoms with E-state index in [0.29, 0.717) is 13.0 Å². The van der Waals surface area contributed by atoms with Gasteiger partial charge >= 0.3 is 0 Å². The highest BCUT2D eigenvalue weighted by Crippen LogP contribution is 2.22. The van der Waals surface area contributed by atoms with Crippen LogP contribution in [0.1, 0.15) is 25.3 Å². The summed E-state index contributed by atoms with van der Waals surface area (Å²) in [6.07, 6.45) is 3.12. The highest BCUT2D eigenvalue weighted by molar-refractivity contribution is 5.85. The molecule has 0 fully saturated rings. The third kappa shape index (κ3) is 3.60. The largest absolute Gasteiger partial charge is 0.508 e. The number of aromatic hydroxyl groups is 1. The standard InChI is InChI=1S/C15H18N2O3/c1-10(18)2-5-15(20)16-7-6-11-9-17-14-8-12(19)3-4-13(11)14/h3-4,8-9,17,19H,2,5-7H2,1H3,(H,16,20). The average molecular weight is 274 g/mol. The summed E-state index contributed by atoms with van der Waals surface area (Å²) in [6, 6.07) is 5.17. The van der Waals surface area contributed by atoms with E-state index in [-0.39, 0.29) is 30.3 Å². The summed E-state index contributed by atoms with van der Waals surface area (Å²) in [5, 5.41) is 13.2. The van der Waals surface area contributed by atoms with Crippen molar-refractivity contribution < 1.29 is 14.7 Å². The van der Waals surface area contributed by atoms with Gasteiger partial charge in [-0.1, -0.05) is 0 Å². The Bertz CT molecular complexity index is 631. The van der Waals surface area contributed by atoms with Crippen molar-refractivity contribution in [2.75, 3.05) is 6.54 Å². The van der Waals surface area contributed by atoms with Gasteiger partial charge < -0.3 is 20.2 Å². The molecule has 0 spiro atoms. The van der Waals surface area contributed by atoms with Gasteiger partial charge in [-0.15, -0.1) is 0 Å². The van der Waals surface area contributed by atoms with Crippen molar-refractivity contribution in [3.8, 4) is 5.75 Å². The summed E-state index contributed by atoms with van der Waals surface area (Å²) in [6.45, 7) is 2.01. The number of H-pyrrole nitrogens is 1. The number of nitrogens with one attached hydrogen (secondary N) is 2. The Kier molecular flexibility index (Phi) is 4.40. The number of hydrogen-bond acceptors (Lipinski definition) is 3. The molecule has 1 heterocycles. The van der Waals surface area contributed by atoms with Crippen molar-refractivity contribution >= 4 is 22.6 Å². The maximum absolute atomic E-state index is 11.5. The van der Waals surface area contributed by atoms with Crippen molar-refractivity contribution in [1.82, 2.24) is 10.3 Å². The van der Waals surface area contributed by atoms with Crippen molar-refractivity contribution in [3.05, 3.63) is 30.0 Å². The Labute approximate surface area is 117 Å². The van der Waals surface area contributed by atoms with Crippen molar-refractivity contribution in [1.29, 1.82) is 0 Å². The zero-order valence-electron chi connectivity index (χ0n) is 11.4. The van der Waals surface area contributed by atoms with E-state index in [0.717, 1.165) is 16.5 Å². The molecule has 106 valence electrons.